The maximum atomic E-state index is 10.6. The van der Waals surface area contributed by atoms with E-state index < -0.39 is 0 Å². The van der Waals surface area contributed by atoms with Crippen molar-refractivity contribution in [3.05, 3.63) is 16.6 Å². The molecule has 2 nitrogen and oxygen atoms in total. The Kier molecular flexibility index (Phi) is 5.51. The number of thioether (sulfide) groups is 1. The summed E-state index contributed by atoms with van der Waals surface area (Å²) in [6.45, 7) is 7.44. The second-order valence-electron chi connectivity index (χ2n) is 4.61. The third-order valence-electron chi connectivity index (χ3n) is 3.73. The molecule has 0 N–H and O–H groups in total. The van der Waals surface area contributed by atoms with Crippen LogP contribution in [0.1, 0.15) is 40.0 Å². The van der Waals surface area contributed by atoms with Gasteiger partial charge in [-0.2, -0.15) is 0 Å². The van der Waals surface area contributed by atoms with Gasteiger partial charge in [-0.25, -0.2) is 4.79 Å². The van der Waals surface area contributed by atoms with E-state index in [0.29, 0.717) is 0 Å². The van der Waals surface area contributed by atoms with Gasteiger partial charge in [0.25, 0.3) is 0 Å². The van der Waals surface area contributed by atoms with Gasteiger partial charge in [-0.05, 0) is 51.1 Å². The highest BCUT2D eigenvalue weighted by Crippen LogP contribution is 2.48. The van der Waals surface area contributed by atoms with Crippen molar-refractivity contribution in [1.82, 2.24) is 4.90 Å². The molecule has 3 heteroatoms. The van der Waals surface area contributed by atoms with E-state index in [9.17, 15) is 4.79 Å². The fourth-order valence-electron chi connectivity index (χ4n) is 2.51. The van der Waals surface area contributed by atoms with Crippen LogP contribution in [0.5, 0.6) is 0 Å². The Morgan fingerprint density at radius 3 is 2.47 bits per heavy atom. The summed E-state index contributed by atoms with van der Waals surface area (Å²) in [6, 6.07) is 0. The van der Waals surface area contributed by atoms with Crippen LogP contribution >= 0.6 is 11.8 Å². The lowest BCUT2D eigenvalue weighted by molar-refractivity contribution is 0.0858. The quantitative estimate of drug-likeness (QED) is 0.535. The Balaban J connectivity index is 3.11. The molecule has 0 spiro atoms. The second kappa shape index (κ2) is 6.44. The number of hydrogen-bond acceptors (Lipinski definition) is 3. The first kappa shape index (κ1) is 14.6. The molecule has 0 bridgehead atoms. The molecule has 0 atom stereocenters. The zero-order chi connectivity index (χ0) is 12.9. The van der Waals surface area contributed by atoms with E-state index in [2.05, 4.69) is 25.8 Å². The summed E-state index contributed by atoms with van der Waals surface area (Å²) in [4.78, 5) is 14.4. The molecule has 17 heavy (non-hydrogen) atoms. The van der Waals surface area contributed by atoms with Crippen LogP contribution in [0.4, 0.5) is 0 Å². The van der Waals surface area contributed by atoms with Gasteiger partial charge in [0.1, 0.15) is 5.94 Å². The van der Waals surface area contributed by atoms with E-state index >= 15 is 0 Å². The summed E-state index contributed by atoms with van der Waals surface area (Å²) in [7, 11) is 2.19. The van der Waals surface area contributed by atoms with Crippen molar-refractivity contribution < 1.29 is 4.79 Å². The van der Waals surface area contributed by atoms with E-state index in [1.807, 2.05) is 24.6 Å². The van der Waals surface area contributed by atoms with Gasteiger partial charge in [0.2, 0.25) is 0 Å². The number of rotatable bonds is 6. The number of allylic oxidation sites excluding steroid dienone is 2. The number of hydrogen-bond donors (Lipinski definition) is 0. The van der Waals surface area contributed by atoms with E-state index in [1.54, 1.807) is 6.08 Å². The fraction of sp³-hybridized carbons (Fsp3) is 0.714. The molecule has 0 amide bonds. The smallest absolute Gasteiger partial charge is 0.124 e. The maximum absolute atomic E-state index is 10.6. The number of likely N-dealkylation sites (N-methyl/N-ethyl adjacent to an activating group) is 1. The Hall–Kier alpha value is -0.500. The maximum Gasteiger partial charge on any atom is 0.124 e. The zero-order valence-corrected chi connectivity index (χ0v) is 12.2. The lowest BCUT2D eigenvalue weighted by Crippen LogP contribution is -2.53. The Morgan fingerprint density at radius 2 is 2.12 bits per heavy atom. The van der Waals surface area contributed by atoms with Crippen molar-refractivity contribution in [2.45, 2.75) is 45.6 Å². The summed E-state index contributed by atoms with van der Waals surface area (Å²) >= 11 is 1.88. The SMILES string of the molecule is CCS/C(=C(\C)C=C=O)C1(N(C)CC)CCC1. The minimum Gasteiger partial charge on any atom is -0.296 e. The highest BCUT2D eigenvalue weighted by molar-refractivity contribution is 8.03. The molecular formula is C14H23NOS. The molecule has 1 aliphatic carbocycles. The third kappa shape index (κ3) is 2.85. The minimum atomic E-state index is 0.187. The lowest BCUT2D eigenvalue weighted by atomic mass is 9.74. The Bertz CT molecular complexity index is 338. The van der Waals surface area contributed by atoms with Crippen LogP contribution in [0, 0.1) is 0 Å². The molecule has 1 aliphatic rings. The van der Waals surface area contributed by atoms with Crippen LogP contribution in [0.15, 0.2) is 16.6 Å². The summed E-state index contributed by atoms with van der Waals surface area (Å²) in [5.74, 6) is 2.97. The van der Waals surface area contributed by atoms with Gasteiger partial charge >= 0.3 is 0 Å². The summed E-state index contributed by atoms with van der Waals surface area (Å²) in [5.41, 5.74) is 1.28. The van der Waals surface area contributed by atoms with Gasteiger partial charge in [0.15, 0.2) is 0 Å². The van der Waals surface area contributed by atoms with Crippen molar-refractivity contribution >= 4 is 17.7 Å². The van der Waals surface area contributed by atoms with Crippen LogP contribution in [0.3, 0.4) is 0 Å². The van der Waals surface area contributed by atoms with Crippen LogP contribution in [-0.2, 0) is 4.79 Å². The monoisotopic (exact) mass is 253 g/mol. The molecule has 0 radical (unpaired) electrons. The van der Waals surface area contributed by atoms with Gasteiger partial charge in [0, 0.05) is 11.0 Å². The molecule has 0 unspecified atom stereocenters. The zero-order valence-electron chi connectivity index (χ0n) is 11.4. The molecule has 0 aromatic heterocycles. The molecule has 96 valence electrons. The van der Waals surface area contributed by atoms with E-state index in [4.69, 9.17) is 0 Å². The normalized spacial score (nSPS) is 19.4. The first-order valence-electron chi connectivity index (χ1n) is 6.38. The summed E-state index contributed by atoms with van der Waals surface area (Å²) in [5, 5.41) is 0. The first-order chi connectivity index (χ1) is 8.12. The molecule has 0 aromatic carbocycles. The van der Waals surface area contributed by atoms with Gasteiger partial charge < -0.3 is 0 Å². The van der Waals surface area contributed by atoms with Crippen molar-refractivity contribution in [3.63, 3.8) is 0 Å². The van der Waals surface area contributed by atoms with E-state index in [0.717, 1.165) is 17.9 Å². The third-order valence-corrected chi connectivity index (χ3v) is 5.01. The molecule has 0 saturated heterocycles. The van der Waals surface area contributed by atoms with Crippen LogP contribution < -0.4 is 0 Å². The molecule has 1 fully saturated rings. The van der Waals surface area contributed by atoms with Crippen molar-refractivity contribution in [2.75, 3.05) is 19.3 Å². The largest absolute Gasteiger partial charge is 0.296 e. The van der Waals surface area contributed by atoms with Crippen LogP contribution in [0.2, 0.25) is 0 Å². The predicted molar refractivity (Wildman–Crippen MR) is 76.0 cm³/mol. The second-order valence-corrected chi connectivity index (χ2v) is 5.88. The van der Waals surface area contributed by atoms with Crippen LogP contribution in [-0.4, -0.2) is 35.7 Å². The Labute approximate surface area is 109 Å². The van der Waals surface area contributed by atoms with E-state index in [-0.39, 0.29) is 5.54 Å². The topological polar surface area (TPSA) is 20.3 Å². The van der Waals surface area contributed by atoms with Crippen LogP contribution in [0.25, 0.3) is 0 Å². The van der Waals surface area contributed by atoms with Crippen molar-refractivity contribution in [2.24, 2.45) is 0 Å². The Morgan fingerprint density at radius 1 is 1.47 bits per heavy atom. The minimum absolute atomic E-state index is 0.187. The van der Waals surface area contributed by atoms with Gasteiger partial charge in [0.05, 0.1) is 5.54 Å². The first-order valence-corrected chi connectivity index (χ1v) is 7.37. The lowest BCUT2D eigenvalue weighted by Gasteiger charge is -2.50. The molecule has 0 aliphatic heterocycles. The van der Waals surface area contributed by atoms with Gasteiger partial charge in [-0.1, -0.05) is 13.8 Å². The van der Waals surface area contributed by atoms with Gasteiger partial charge in [-0.15, -0.1) is 11.8 Å². The number of nitrogens with zero attached hydrogens (tertiary/aromatic N) is 1. The molecule has 1 rings (SSSR count). The average Bonchev–Trinajstić information content (AvgIpc) is 2.26. The molecule has 0 heterocycles. The van der Waals surface area contributed by atoms with Gasteiger partial charge in [-0.3, -0.25) is 4.90 Å². The number of carbonyl (C=O) groups excluding carboxylic acids is 1. The highest BCUT2D eigenvalue weighted by atomic mass is 32.2. The highest BCUT2D eigenvalue weighted by Gasteiger charge is 2.44. The van der Waals surface area contributed by atoms with E-state index in [1.165, 1.54) is 24.2 Å². The standard InChI is InChI=1S/C14H23NOS/c1-5-15(4)14(9-7-10-14)13(17-6-2)12(3)8-11-16/h8H,5-7,9-10H2,1-4H3/b13-12+. The average molecular weight is 253 g/mol. The van der Waals surface area contributed by atoms with Crippen molar-refractivity contribution in [1.29, 1.82) is 0 Å². The molecule has 0 aromatic rings. The fourth-order valence-corrected chi connectivity index (χ4v) is 3.71. The summed E-state index contributed by atoms with van der Waals surface area (Å²) in [6.07, 6.45) is 5.30. The summed E-state index contributed by atoms with van der Waals surface area (Å²) < 4.78 is 0. The molecule has 1 saturated carbocycles. The predicted octanol–water partition coefficient (Wildman–Crippen LogP) is 3.28. The van der Waals surface area contributed by atoms with Crippen molar-refractivity contribution in [3.8, 4) is 0 Å². The molecular weight excluding hydrogens is 230 g/mol.